The molecular formula is C20H26F3N3O4. The number of amides is 1. The molecule has 1 aliphatic rings. The van der Waals surface area contributed by atoms with E-state index in [9.17, 15) is 18.0 Å². The Morgan fingerprint density at radius 1 is 1.23 bits per heavy atom. The number of carbonyl (C=O) groups is 2. The molecule has 30 heavy (non-hydrogen) atoms. The Kier molecular flexibility index (Phi) is 9.62. The Morgan fingerprint density at radius 2 is 1.87 bits per heavy atom. The SMILES string of the molecule is CC#CC(=O)N(C)c1cc2c(cc1OCCN(C)C)CCNC2.O=C(O)C(F)(F)F. The minimum Gasteiger partial charge on any atom is -0.490 e. The molecule has 0 radical (unpaired) electrons. The van der Waals surface area contributed by atoms with Crippen molar-refractivity contribution in [1.29, 1.82) is 0 Å². The van der Waals surface area contributed by atoms with Crippen molar-refractivity contribution in [3.8, 4) is 17.6 Å². The monoisotopic (exact) mass is 429 g/mol. The van der Waals surface area contributed by atoms with Crippen molar-refractivity contribution in [2.75, 3.05) is 45.7 Å². The van der Waals surface area contributed by atoms with Gasteiger partial charge in [0.1, 0.15) is 12.4 Å². The molecule has 1 aromatic carbocycles. The van der Waals surface area contributed by atoms with E-state index in [4.69, 9.17) is 14.6 Å². The third-order valence-corrected chi connectivity index (χ3v) is 4.10. The van der Waals surface area contributed by atoms with Gasteiger partial charge in [-0.3, -0.25) is 4.79 Å². The second kappa shape index (κ2) is 11.4. The zero-order valence-corrected chi connectivity index (χ0v) is 17.4. The number of carboxylic acids is 1. The first kappa shape index (κ1) is 25.3. The van der Waals surface area contributed by atoms with E-state index in [-0.39, 0.29) is 5.91 Å². The largest absolute Gasteiger partial charge is 0.490 e. The molecule has 1 aliphatic heterocycles. The Labute approximate surface area is 173 Å². The van der Waals surface area contributed by atoms with Crippen molar-refractivity contribution in [3.05, 3.63) is 23.3 Å². The summed E-state index contributed by atoms with van der Waals surface area (Å²) in [6.45, 7) is 4.86. The topological polar surface area (TPSA) is 82.1 Å². The third kappa shape index (κ3) is 7.93. The lowest BCUT2D eigenvalue weighted by Crippen LogP contribution is -2.28. The van der Waals surface area contributed by atoms with Gasteiger partial charge in [0.25, 0.3) is 0 Å². The number of carbonyl (C=O) groups excluding carboxylic acids is 1. The van der Waals surface area contributed by atoms with Gasteiger partial charge in [0.15, 0.2) is 0 Å². The van der Waals surface area contributed by atoms with E-state index >= 15 is 0 Å². The van der Waals surface area contributed by atoms with Gasteiger partial charge in [0.2, 0.25) is 0 Å². The number of hydrogen-bond acceptors (Lipinski definition) is 5. The van der Waals surface area contributed by atoms with Crippen molar-refractivity contribution in [1.82, 2.24) is 10.2 Å². The predicted molar refractivity (Wildman–Crippen MR) is 106 cm³/mol. The smallest absolute Gasteiger partial charge is 0.490 e. The van der Waals surface area contributed by atoms with Crippen LogP contribution < -0.4 is 15.0 Å². The number of aliphatic carboxylic acids is 1. The highest BCUT2D eigenvalue weighted by molar-refractivity contribution is 6.06. The molecule has 0 saturated carbocycles. The molecule has 1 amide bonds. The van der Waals surface area contributed by atoms with Crippen LogP contribution in [0.4, 0.5) is 18.9 Å². The molecule has 0 spiro atoms. The van der Waals surface area contributed by atoms with Gasteiger partial charge >= 0.3 is 18.1 Å². The standard InChI is InChI=1S/C18H25N3O2.C2HF3O2/c1-5-6-18(22)21(4)16-11-15-13-19-8-7-14(15)12-17(16)23-10-9-20(2)3;3-2(4,5)1(6)7/h11-12,19H,7-10,13H2,1-4H3;(H,6,7). The molecule has 0 aromatic heterocycles. The van der Waals surface area contributed by atoms with E-state index in [1.165, 1.54) is 11.1 Å². The van der Waals surface area contributed by atoms with Gasteiger partial charge in [-0.15, -0.1) is 0 Å². The zero-order valence-electron chi connectivity index (χ0n) is 17.4. The predicted octanol–water partition coefficient (Wildman–Crippen LogP) is 1.89. The molecule has 10 heteroatoms. The van der Waals surface area contributed by atoms with E-state index in [1.54, 1.807) is 18.9 Å². The first-order valence-corrected chi connectivity index (χ1v) is 9.12. The number of alkyl halides is 3. The lowest BCUT2D eigenvalue weighted by molar-refractivity contribution is -0.192. The summed E-state index contributed by atoms with van der Waals surface area (Å²) < 4.78 is 37.7. The number of halogens is 3. The highest BCUT2D eigenvalue weighted by Crippen LogP contribution is 2.33. The number of rotatable bonds is 5. The Morgan fingerprint density at radius 3 is 2.40 bits per heavy atom. The van der Waals surface area contributed by atoms with Crippen LogP contribution in [0.3, 0.4) is 0 Å². The minimum absolute atomic E-state index is 0.228. The highest BCUT2D eigenvalue weighted by atomic mass is 19.4. The van der Waals surface area contributed by atoms with Crippen LogP contribution in [0.15, 0.2) is 12.1 Å². The maximum absolute atomic E-state index is 12.1. The number of benzene rings is 1. The second-order valence-corrected chi connectivity index (χ2v) is 6.71. The summed E-state index contributed by atoms with van der Waals surface area (Å²) in [5.74, 6) is 3.01. The molecule has 0 fully saturated rings. The fourth-order valence-electron chi connectivity index (χ4n) is 2.51. The number of nitrogens with one attached hydrogen (secondary N) is 1. The third-order valence-electron chi connectivity index (χ3n) is 4.10. The summed E-state index contributed by atoms with van der Waals surface area (Å²) in [6.07, 6.45) is -4.11. The maximum Gasteiger partial charge on any atom is 0.490 e. The summed E-state index contributed by atoms with van der Waals surface area (Å²) in [6, 6.07) is 4.12. The van der Waals surface area contributed by atoms with Crippen LogP contribution in [-0.2, 0) is 22.6 Å². The summed E-state index contributed by atoms with van der Waals surface area (Å²) in [5.41, 5.74) is 3.28. The molecule has 0 bridgehead atoms. The summed E-state index contributed by atoms with van der Waals surface area (Å²) in [7, 11) is 5.76. The molecule has 166 valence electrons. The van der Waals surface area contributed by atoms with Crippen molar-refractivity contribution >= 4 is 17.6 Å². The number of fused-ring (bicyclic) bond motifs is 1. The van der Waals surface area contributed by atoms with E-state index in [1.807, 2.05) is 20.2 Å². The van der Waals surface area contributed by atoms with E-state index in [2.05, 4.69) is 28.1 Å². The van der Waals surface area contributed by atoms with Crippen LogP contribution in [0.1, 0.15) is 18.1 Å². The number of likely N-dealkylation sites (N-methyl/N-ethyl adjacent to an activating group) is 1. The number of nitrogens with zero attached hydrogens (tertiary/aromatic N) is 2. The average Bonchev–Trinajstić information content (AvgIpc) is 2.66. The minimum atomic E-state index is -5.08. The molecule has 1 heterocycles. The van der Waals surface area contributed by atoms with E-state index in [0.717, 1.165) is 37.5 Å². The molecule has 0 aliphatic carbocycles. The van der Waals surface area contributed by atoms with E-state index in [0.29, 0.717) is 6.61 Å². The van der Waals surface area contributed by atoms with Crippen LogP contribution in [0, 0.1) is 11.8 Å². The molecule has 2 rings (SSSR count). The summed E-state index contributed by atoms with van der Waals surface area (Å²) in [5, 5.41) is 10.5. The number of carboxylic acid groups (broad SMARTS) is 1. The van der Waals surface area contributed by atoms with Gasteiger partial charge < -0.3 is 25.0 Å². The van der Waals surface area contributed by atoms with Crippen molar-refractivity contribution in [2.24, 2.45) is 0 Å². The highest BCUT2D eigenvalue weighted by Gasteiger charge is 2.38. The van der Waals surface area contributed by atoms with Crippen molar-refractivity contribution in [3.63, 3.8) is 0 Å². The zero-order chi connectivity index (χ0) is 22.9. The first-order valence-electron chi connectivity index (χ1n) is 9.12. The van der Waals surface area contributed by atoms with Crippen LogP contribution >= 0.6 is 0 Å². The van der Waals surface area contributed by atoms with Crippen LogP contribution in [0.5, 0.6) is 5.75 Å². The fourth-order valence-corrected chi connectivity index (χ4v) is 2.51. The van der Waals surface area contributed by atoms with Gasteiger partial charge in [0.05, 0.1) is 5.69 Å². The maximum atomic E-state index is 12.1. The molecule has 1 aromatic rings. The Balaban J connectivity index is 0.000000553. The van der Waals surface area contributed by atoms with Gasteiger partial charge in [-0.2, -0.15) is 13.2 Å². The quantitative estimate of drug-likeness (QED) is 0.696. The normalized spacial score (nSPS) is 12.7. The Bertz CT molecular complexity index is 814. The molecule has 0 unspecified atom stereocenters. The summed E-state index contributed by atoms with van der Waals surface area (Å²) in [4.78, 5) is 24.6. The van der Waals surface area contributed by atoms with E-state index < -0.39 is 12.1 Å². The molecular weight excluding hydrogens is 403 g/mol. The fraction of sp³-hybridized carbons (Fsp3) is 0.500. The summed E-state index contributed by atoms with van der Waals surface area (Å²) >= 11 is 0. The number of hydrogen-bond donors (Lipinski definition) is 2. The average molecular weight is 429 g/mol. The first-order chi connectivity index (χ1) is 14.0. The molecule has 0 atom stereocenters. The van der Waals surface area contributed by atoms with Crippen molar-refractivity contribution < 1.29 is 32.6 Å². The lowest BCUT2D eigenvalue weighted by atomic mass is 9.99. The van der Waals surface area contributed by atoms with Gasteiger partial charge in [-0.1, -0.05) is 5.92 Å². The number of anilines is 1. The number of ether oxygens (including phenoxy) is 1. The van der Waals surface area contributed by atoms with Crippen molar-refractivity contribution in [2.45, 2.75) is 26.1 Å². The van der Waals surface area contributed by atoms with Gasteiger partial charge in [0, 0.05) is 20.1 Å². The van der Waals surface area contributed by atoms with Crippen LogP contribution in [0.2, 0.25) is 0 Å². The second-order valence-electron chi connectivity index (χ2n) is 6.71. The lowest BCUT2D eigenvalue weighted by Gasteiger charge is -2.24. The molecule has 2 N–H and O–H groups in total. The molecule has 7 nitrogen and oxygen atoms in total. The Hall–Kier alpha value is -2.77. The molecule has 0 saturated heterocycles. The van der Waals surface area contributed by atoms with Gasteiger partial charge in [-0.05, 0) is 63.2 Å². The van der Waals surface area contributed by atoms with Crippen LogP contribution in [-0.4, -0.2) is 68.9 Å². The van der Waals surface area contributed by atoms with Gasteiger partial charge in [-0.25, -0.2) is 4.79 Å². The van der Waals surface area contributed by atoms with Crippen LogP contribution in [0.25, 0.3) is 0 Å².